The zero-order valence-corrected chi connectivity index (χ0v) is 10.9. The van der Waals surface area contributed by atoms with Crippen molar-refractivity contribution in [1.29, 1.82) is 0 Å². The van der Waals surface area contributed by atoms with Crippen LogP contribution in [-0.4, -0.2) is 19.0 Å². The van der Waals surface area contributed by atoms with Crippen LogP contribution in [0.4, 0.5) is 0 Å². The molecule has 4 heteroatoms. The standard InChI is InChI=1S/C14H22N2O2/c1-10-6-7-18-13(10)14(17)16-9-12-4-2-11(8-15)3-5-12/h6-7,11-12H,2-5,8-9,15H2,1H3,(H,16,17). The minimum Gasteiger partial charge on any atom is -0.459 e. The summed E-state index contributed by atoms with van der Waals surface area (Å²) in [6, 6.07) is 1.81. The Hall–Kier alpha value is -1.29. The van der Waals surface area contributed by atoms with Gasteiger partial charge in [-0.15, -0.1) is 0 Å². The summed E-state index contributed by atoms with van der Waals surface area (Å²) in [5.74, 6) is 1.61. The van der Waals surface area contributed by atoms with Crippen molar-refractivity contribution in [3.8, 4) is 0 Å². The van der Waals surface area contributed by atoms with Crippen molar-refractivity contribution in [2.45, 2.75) is 32.6 Å². The average Bonchev–Trinajstić information content (AvgIpc) is 2.83. The number of rotatable bonds is 4. The van der Waals surface area contributed by atoms with Gasteiger partial charge in [0.1, 0.15) is 0 Å². The van der Waals surface area contributed by atoms with Gasteiger partial charge in [-0.1, -0.05) is 0 Å². The van der Waals surface area contributed by atoms with E-state index in [1.165, 1.54) is 25.7 Å². The zero-order chi connectivity index (χ0) is 13.0. The molecular formula is C14H22N2O2. The van der Waals surface area contributed by atoms with Crippen LogP contribution in [-0.2, 0) is 0 Å². The van der Waals surface area contributed by atoms with E-state index in [-0.39, 0.29) is 5.91 Å². The molecule has 0 spiro atoms. The number of aryl methyl sites for hydroxylation is 1. The molecule has 0 radical (unpaired) electrons. The van der Waals surface area contributed by atoms with Crippen molar-refractivity contribution in [1.82, 2.24) is 5.32 Å². The molecule has 4 nitrogen and oxygen atoms in total. The highest BCUT2D eigenvalue weighted by Gasteiger charge is 2.21. The van der Waals surface area contributed by atoms with Crippen LogP contribution in [0, 0.1) is 18.8 Å². The third-order valence-electron chi connectivity index (χ3n) is 3.92. The van der Waals surface area contributed by atoms with Crippen LogP contribution >= 0.6 is 0 Å². The molecule has 1 aliphatic rings. The second-order valence-corrected chi connectivity index (χ2v) is 5.27. The highest BCUT2D eigenvalue weighted by Crippen LogP contribution is 2.27. The van der Waals surface area contributed by atoms with Crippen LogP contribution in [0.1, 0.15) is 41.8 Å². The highest BCUT2D eigenvalue weighted by molar-refractivity contribution is 5.92. The van der Waals surface area contributed by atoms with E-state index in [2.05, 4.69) is 5.32 Å². The maximum atomic E-state index is 11.9. The topological polar surface area (TPSA) is 68.3 Å². The summed E-state index contributed by atoms with van der Waals surface area (Å²) < 4.78 is 5.17. The minimum absolute atomic E-state index is 0.0987. The number of nitrogens with one attached hydrogen (secondary N) is 1. The summed E-state index contributed by atoms with van der Waals surface area (Å²) in [4.78, 5) is 11.9. The molecule has 3 N–H and O–H groups in total. The van der Waals surface area contributed by atoms with E-state index in [1.54, 1.807) is 12.3 Å². The molecule has 100 valence electrons. The SMILES string of the molecule is Cc1ccoc1C(=O)NCC1CCC(CN)CC1. The van der Waals surface area contributed by atoms with Crippen LogP contribution in [0.3, 0.4) is 0 Å². The van der Waals surface area contributed by atoms with E-state index < -0.39 is 0 Å². The summed E-state index contributed by atoms with van der Waals surface area (Å²) in [6.07, 6.45) is 6.27. The van der Waals surface area contributed by atoms with Crippen molar-refractivity contribution in [3.63, 3.8) is 0 Å². The molecule has 1 aromatic heterocycles. The van der Waals surface area contributed by atoms with E-state index in [0.29, 0.717) is 17.6 Å². The van der Waals surface area contributed by atoms with E-state index in [9.17, 15) is 4.79 Å². The van der Waals surface area contributed by atoms with Gasteiger partial charge in [0, 0.05) is 12.1 Å². The number of hydrogen-bond donors (Lipinski definition) is 2. The Bertz CT molecular complexity index is 392. The van der Waals surface area contributed by atoms with Gasteiger partial charge in [-0.25, -0.2) is 0 Å². The van der Waals surface area contributed by atoms with Gasteiger partial charge in [-0.05, 0) is 57.1 Å². The van der Waals surface area contributed by atoms with Crippen molar-refractivity contribution >= 4 is 5.91 Å². The fourth-order valence-electron chi connectivity index (χ4n) is 2.59. The molecule has 0 bridgehead atoms. The summed E-state index contributed by atoms with van der Waals surface area (Å²) in [5, 5.41) is 2.96. The fourth-order valence-corrected chi connectivity index (χ4v) is 2.59. The van der Waals surface area contributed by atoms with Gasteiger partial charge < -0.3 is 15.5 Å². The summed E-state index contributed by atoms with van der Waals surface area (Å²) in [5.41, 5.74) is 6.56. The number of carbonyl (C=O) groups excluding carboxylic acids is 1. The summed E-state index contributed by atoms with van der Waals surface area (Å²) >= 11 is 0. The van der Waals surface area contributed by atoms with E-state index in [4.69, 9.17) is 10.2 Å². The molecule has 1 aliphatic carbocycles. The predicted molar refractivity (Wildman–Crippen MR) is 70.3 cm³/mol. The Morgan fingerprint density at radius 2 is 2.06 bits per heavy atom. The average molecular weight is 250 g/mol. The van der Waals surface area contributed by atoms with Gasteiger partial charge >= 0.3 is 0 Å². The highest BCUT2D eigenvalue weighted by atomic mass is 16.3. The van der Waals surface area contributed by atoms with Crippen molar-refractivity contribution in [2.75, 3.05) is 13.1 Å². The Kier molecular flexibility index (Phi) is 4.42. The molecule has 0 atom stereocenters. The monoisotopic (exact) mass is 250 g/mol. The van der Waals surface area contributed by atoms with Crippen molar-refractivity contribution in [3.05, 3.63) is 23.7 Å². The smallest absolute Gasteiger partial charge is 0.287 e. The maximum absolute atomic E-state index is 11.9. The van der Waals surface area contributed by atoms with Crippen LogP contribution in [0.5, 0.6) is 0 Å². The second kappa shape index (κ2) is 6.05. The normalized spacial score (nSPS) is 23.9. The third-order valence-corrected chi connectivity index (χ3v) is 3.92. The molecule has 0 aliphatic heterocycles. The number of nitrogens with two attached hydrogens (primary N) is 1. The Labute approximate surface area is 108 Å². The molecule has 0 unspecified atom stereocenters. The molecule has 2 rings (SSSR count). The van der Waals surface area contributed by atoms with Crippen molar-refractivity contribution < 1.29 is 9.21 Å². The Morgan fingerprint density at radius 3 is 2.61 bits per heavy atom. The fraction of sp³-hybridized carbons (Fsp3) is 0.643. The van der Waals surface area contributed by atoms with Gasteiger partial charge in [0.2, 0.25) is 0 Å². The lowest BCUT2D eigenvalue weighted by molar-refractivity contribution is 0.0913. The van der Waals surface area contributed by atoms with Crippen LogP contribution in [0.25, 0.3) is 0 Å². The molecule has 1 saturated carbocycles. The van der Waals surface area contributed by atoms with Gasteiger partial charge in [0.25, 0.3) is 5.91 Å². The quantitative estimate of drug-likeness (QED) is 0.859. The van der Waals surface area contributed by atoms with Crippen LogP contribution in [0.2, 0.25) is 0 Å². The molecule has 18 heavy (non-hydrogen) atoms. The number of hydrogen-bond acceptors (Lipinski definition) is 3. The van der Waals surface area contributed by atoms with Gasteiger partial charge in [-0.3, -0.25) is 4.79 Å². The minimum atomic E-state index is -0.0987. The molecule has 1 amide bonds. The van der Waals surface area contributed by atoms with Crippen LogP contribution < -0.4 is 11.1 Å². The first-order valence-electron chi connectivity index (χ1n) is 6.73. The van der Waals surface area contributed by atoms with E-state index in [0.717, 1.165) is 18.7 Å². The predicted octanol–water partition coefficient (Wildman–Crippen LogP) is 2.08. The zero-order valence-electron chi connectivity index (χ0n) is 10.9. The lowest BCUT2D eigenvalue weighted by Crippen LogP contribution is -2.32. The van der Waals surface area contributed by atoms with Gasteiger partial charge in [0.15, 0.2) is 5.76 Å². The lowest BCUT2D eigenvalue weighted by atomic mass is 9.82. The molecule has 1 aromatic rings. The molecule has 0 saturated heterocycles. The number of furan rings is 1. The first kappa shape index (κ1) is 13.1. The molecule has 1 heterocycles. The Balaban J connectivity index is 1.76. The Morgan fingerprint density at radius 1 is 1.39 bits per heavy atom. The number of amides is 1. The van der Waals surface area contributed by atoms with Crippen molar-refractivity contribution in [2.24, 2.45) is 17.6 Å². The molecule has 0 aromatic carbocycles. The largest absolute Gasteiger partial charge is 0.459 e. The molecular weight excluding hydrogens is 228 g/mol. The summed E-state index contributed by atoms with van der Waals surface area (Å²) in [7, 11) is 0. The maximum Gasteiger partial charge on any atom is 0.287 e. The number of carbonyl (C=O) groups is 1. The molecule has 1 fully saturated rings. The summed E-state index contributed by atoms with van der Waals surface area (Å²) in [6.45, 7) is 3.42. The third kappa shape index (κ3) is 3.13. The second-order valence-electron chi connectivity index (χ2n) is 5.27. The van der Waals surface area contributed by atoms with E-state index in [1.807, 2.05) is 6.92 Å². The first-order chi connectivity index (χ1) is 8.70. The lowest BCUT2D eigenvalue weighted by Gasteiger charge is -2.27. The van der Waals surface area contributed by atoms with Gasteiger partial charge in [-0.2, -0.15) is 0 Å². The van der Waals surface area contributed by atoms with Crippen LogP contribution in [0.15, 0.2) is 16.7 Å². The van der Waals surface area contributed by atoms with E-state index >= 15 is 0 Å². The first-order valence-corrected chi connectivity index (χ1v) is 6.73. The van der Waals surface area contributed by atoms with Gasteiger partial charge in [0.05, 0.1) is 6.26 Å².